The van der Waals surface area contributed by atoms with Gasteiger partial charge in [-0.15, -0.1) is 0 Å². The number of carbonyl (C=O) groups is 3. The van der Waals surface area contributed by atoms with Gasteiger partial charge in [0.25, 0.3) is 0 Å². The number of ether oxygens (including phenoxy) is 4. The highest BCUT2D eigenvalue weighted by Gasteiger charge is 2.22. The molecule has 0 heterocycles. The van der Waals surface area contributed by atoms with Crippen molar-refractivity contribution >= 4 is 17.9 Å². The molecule has 9 heteroatoms. The lowest BCUT2D eigenvalue weighted by Crippen LogP contribution is -2.44. The number of rotatable bonds is 56. The lowest BCUT2D eigenvalue weighted by Gasteiger charge is -2.26. The zero-order valence-electron chi connectivity index (χ0n) is 50.9. The largest absolute Gasteiger partial charge is 0.545 e. The number of carboxylic acids is 1. The number of likely N-dealkylation sites (N-methyl/N-ethyl adjacent to an activating group) is 1. The monoisotopic (exact) mass is 1100 g/mol. The zero-order chi connectivity index (χ0) is 57.6. The normalized spacial score (nSPS) is 13.7. The summed E-state index contributed by atoms with van der Waals surface area (Å²) in [6.45, 7) is 4.50. The van der Waals surface area contributed by atoms with E-state index in [0.29, 0.717) is 17.4 Å². The average Bonchev–Trinajstić information content (AvgIpc) is 3.42. The first-order valence-electron chi connectivity index (χ1n) is 31.3. The van der Waals surface area contributed by atoms with Crippen LogP contribution in [0.2, 0.25) is 0 Å². The van der Waals surface area contributed by atoms with Crippen LogP contribution in [-0.4, -0.2) is 82.3 Å². The molecule has 448 valence electrons. The Balaban J connectivity index is 4.27. The third-order valence-electron chi connectivity index (χ3n) is 12.9. The lowest BCUT2D eigenvalue weighted by atomic mass is 10.0. The van der Waals surface area contributed by atoms with Gasteiger partial charge in [-0.2, -0.15) is 0 Å². The van der Waals surface area contributed by atoms with E-state index in [1.54, 1.807) is 0 Å². The third kappa shape index (κ3) is 60.9. The topological polar surface area (TPSA) is 111 Å². The summed E-state index contributed by atoms with van der Waals surface area (Å²) in [4.78, 5) is 37.4. The van der Waals surface area contributed by atoms with Gasteiger partial charge < -0.3 is 33.3 Å². The minimum Gasteiger partial charge on any atom is -0.545 e. The molecule has 0 aromatic carbocycles. The van der Waals surface area contributed by atoms with E-state index in [0.717, 1.165) is 116 Å². The molecule has 0 aromatic heterocycles. The molecule has 0 spiro atoms. The Morgan fingerprint density at radius 2 is 0.684 bits per heavy atom. The fraction of sp³-hybridized carbons (Fsp3) is 0.643. The molecule has 0 rings (SSSR count). The predicted molar refractivity (Wildman–Crippen MR) is 333 cm³/mol. The Hall–Kier alpha value is -4.57. The minimum absolute atomic E-state index is 0.138. The first kappa shape index (κ1) is 74.4. The molecule has 9 nitrogen and oxygen atoms in total. The Kier molecular flexibility index (Phi) is 56.1. The fourth-order valence-corrected chi connectivity index (χ4v) is 8.15. The molecule has 0 saturated heterocycles. The van der Waals surface area contributed by atoms with Crippen LogP contribution in [0.3, 0.4) is 0 Å². The molecule has 0 aliphatic carbocycles. The van der Waals surface area contributed by atoms with Gasteiger partial charge in [0.05, 0.1) is 40.3 Å². The van der Waals surface area contributed by atoms with Crippen molar-refractivity contribution in [2.45, 2.75) is 245 Å². The fourth-order valence-electron chi connectivity index (χ4n) is 8.15. The summed E-state index contributed by atoms with van der Waals surface area (Å²) >= 11 is 0. The van der Waals surface area contributed by atoms with Crippen LogP contribution in [0.25, 0.3) is 0 Å². The van der Waals surface area contributed by atoms with Crippen molar-refractivity contribution < 1.29 is 42.9 Å². The standard InChI is InChI=1S/C70H115NO8/c1-6-8-10-12-14-16-18-20-22-24-26-28-30-32-33-34-35-37-39-41-43-45-47-49-51-53-55-57-59-61-68(73)79-66(65-78-70(69(74)75)76-63-62-71(3,4)5)64-77-67(72)60-58-56-54-52-50-48-46-44-42-40-38-36-31-29-27-25-23-21-19-17-15-13-11-9-7-2/h8-11,14-17,20-23,26-29,32-33,35,37,41,43,66,70H,6-7,12-13,18-19,24-25,30-31,34,36,38-40,42,44-65H2,1-5H3/b10-8-,11-9-,16-14-,17-15-,22-20-,23-21-,28-26-,29-27-,33-32-,37-35-,43-41-. The van der Waals surface area contributed by atoms with Gasteiger partial charge in [0.15, 0.2) is 12.4 Å². The summed E-state index contributed by atoms with van der Waals surface area (Å²) in [5.74, 6) is -2.31. The summed E-state index contributed by atoms with van der Waals surface area (Å²) < 4.78 is 22.7. The number of unbranched alkanes of at least 4 members (excludes halogenated alkanes) is 19. The molecule has 0 aromatic rings. The minimum atomic E-state index is -1.63. The highest BCUT2D eigenvalue weighted by Crippen LogP contribution is 2.15. The van der Waals surface area contributed by atoms with E-state index in [-0.39, 0.29) is 38.6 Å². The van der Waals surface area contributed by atoms with Crippen molar-refractivity contribution in [1.82, 2.24) is 0 Å². The molecule has 2 unspecified atom stereocenters. The van der Waals surface area contributed by atoms with E-state index in [1.807, 2.05) is 21.1 Å². The molecule has 2 atom stereocenters. The van der Waals surface area contributed by atoms with Gasteiger partial charge in [0.1, 0.15) is 13.2 Å². The summed E-state index contributed by atoms with van der Waals surface area (Å²) in [6.07, 6.45) is 82.1. The van der Waals surface area contributed by atoms with Gasteiger partial charge in [-0.05, 0) is 109 Å². The van der Waals surface area contributed by atoms with Gasteiger partial charge in [0, 0.05) is 12.8 Å². The Morgan fingerprint density at radius 3 is 1.01 bits per heavy atom. The van der Waals surface area contributed by atoms with Gasteiger partial charge in [0.2, 0.25) is 0 Å². The molecular weight excluding hydrogens is 983 g/mol. The van der Waals surface area contributed by atoms with Crippen molar-refractivity contribution in [3.63, 3.8) is 0 Å². The quantitative estimate of drug-likeness (QED) is 0.0195. The van der Waals surface area contributed by atoms with Crippen LogP contribution in [0.1, 0.15) is 232 Å². The van der Waals surface area contributed by atoms with Crippen LogP contribution < -0.4 is 5.11 Å². The molecule has 0 aliphatic heterocycles. The summed E-state index contributed by atoms with van der Waals surface area (Å²) in [5.41, 5.74) is 0. The van der Waals surface area contributed by atoms with E-state index in [9.17, 15) is 19.5 Å². The van der Waals surface area contributed by atoms with Crippen molar-refractivity contribution in [3.8, 4) is 0 Å². The molecule has 0 N–H and O–H groups in total. The number of hydrogen-bond donors (Lipinski definition) is 0. The van der Waals surface area contributed by atoms with Crippen molar-refractivity contribution in [1.29, 1.82) is 0 Å². The SMILES string of the molecule is CC/C=C\C/C=C\C/C=C\C/C=C\C/C=C\C/C=C\C/C=C\CCCCCCCCCC(=O)OC(COC(=O)CCCCCCCCCCCCCC/C=C\C/C=C\C/C=C\C/C=C\CC)COC(OCC[N+](C)(C)C)C(=O)[O-]. The van der Waals surface area contributed by atoms with E-state index in [1.165, 1.54) is 83.5 Å². The highest BCUT2D eigenvalue weighted by atomic mass is 16.7. The number of allylic oxidation sites excluding steroid dienone is 22. The maximum Gasteiger partial charge on any atom is 0.306 e. The lowest BCUT2D eigenvalue weighted by molar-refractivity contribution is -0.870. The molecule has 0 radical (unpaired) electrons. The molecule has 0 saturated carbocycles. The van der Waals surface area contributed by atoms with Crippen LogP contribution >= 0.6 is 0 Å². The zero-order valence-corrected chi connectivity index (χ0v) is 50.9. The van der Waals surface area contributed by atoms with Gasteiger partial charge in [-0.3, -0.25) is 9.59 Å². The van der Waals surface area contributed by atoms with Gasteiger partial charge in [-0.25, -0.2) is 0 Å². The third-order valence-corrected chi connectivity index (χ3v) is 12.9. The predicted octanol–water partition coefficient (Wildman–Crippen LogP) is 17.7. The maximum absolute atomic E-state index is 12.9. The number of quaternary nitrogens is 1. The summed E-state index contributed by atoms with van der Waals surface area (Å²) in [5, 5.41) is 11.8. The Bertz CT molecular complexity index is 1750. The van der Waals surface area contributed by atoms with Crippen LogP contribution in [0.4, 0.5) is 0 Å². The summed E-state index contributed by atoms with van der Waals surface area (Å²) in [6, 6.07) is 0. The van der Waals surface area contributed by atoms with Gasteiger partial charge in [-0.1, -0.05) is 244 Å². The van der Waals surface area contributed by atoms with E-state index in [2.05, 4.69) is 148 Å². The first-order chi connectivity index (χ1) is 38.6. The van der Waals surface area contributed by atoms with Crippen LogP contribution in [0.15, 0.2) is 134 Å². The number of nitrogens with zero attached hydrogens (tertiary/aromatic N) is 1. The van der Waals surface area contributed by atoms with Crippen molar-refractivity contribution in [3.05, 3.63) is 134 Å². The summed E-state index contributed by atoms with van der Waals surface area (Å²) in [7, 11) is 5.91. The Morgan fingerprint density at radius 1 is 0.380 bits per heavy atom. The van der Waals surface area contributed by atoms with Crippen molar-refractivity contribution in [2.75, 3.05) is 47.5 Å². The van der Waals surface area contributed by atoms with Crippen LogP contribution in [-0.2, 0) is 33.3 Å². The second-order valence-corrected chi connectivity index (χ2v) is 21.6. The maximum atomic E-state index is 12.9. The molecule has 79 heavy (non-hydrogen) atoms. The van der Waals surface area contributed by atoms with Crippen molar-refractivity contribution in [2.24, 2.45) is 0 Å². The Labute approximate surface area is 484 Å². The van der Waals surface area contributed by atoms with E-state index >= 15 is 0 Å². The van der Waals surface area contributed by atoms with E-state index < -0.39 is 24.3 Å². The number of esters is 2. The second kappa shape index (κ2) is 59.5. The van der Waals surface area contributed by atoms with Crippen LogP contribution in [0, 0.1) is 0 Å². The molecule has 0 aliphatic rings. The number of carbonyl (C=O) groups excluding carboxylic acids is 3. The highest BCUT2D eigenvalue weighted by molar-refractivity contribution is 5.70. The number of aliphatic carboxylic acids is 1. The molecule has 0 bridgehead atoms. The molecule has 0 amide bonds. The van der Waals surface area contributed by atoms with Crippen LogP contribution in [0.5, 0.6) is 0 Å². The average molecular weight is 1100 g/mol. The van der Waals surface area contributed by atoms with Gasteiger partial charge >= 0.3 is 11.9 Å². The second-order valence-electron chi connectivity index (χ2n) is 21.6. The smallest absolute Gasteiger partial charge is 0.306 e. The number of hydrogen-bond acceptors (Lipinski definition) is 8. The molecule has 0 fully saturated rings. The molecular formula is C70H115NO8. The number of carboxylic acid groups (broad SMARTS) is 1. The van der Waals surface area contributed by atoms with E-state index in [4.69, 9.17) is 18.9 Å². The first-order valence-corrected chi connectivity index (χ1v) is 31.3.